The highest BCUT2D eigenvalue weighted by molar-refractivity contribution is 7.91. The van der Waals surface area contributed by atoms with Gasteiger partial charge in [0.25, 0.3) is 5.91 Å². The second-order valence-electron chi connectivity index (χ2n) is 5.62. The van der Waals surface area contributed by atoms with Gasteiger partial charge in [0.2, 0.25) is 15.4 Å². The van der Waals surface area contributed by atoms with Crippen molar-refractivity contribution < 1.29 is 40.3 Å². The smallest absolute Gasteiger partial charge is 0.373 e. The molecular weight excluding hydrogens is 397 g/mol. The molecule has 0 aliphatic carbocycles. The Morgan fingerprint density at radius 2 is 1.52 bits per heavy atom. The number of alkyl halides is 3. The molecule has 2 aromatic rings. The molecule has 11 heteroatoms. The minimum atomic E-state index is -5.31. The van der Waals surface area contributed by atoms with Crippen LogP contribution in [0.2, 0.25) is 0 Å². The maximum absolute atomic E-state index is 14.1. The van der Waals surface area contributed by atoms with E-state index < -0.39 is 49.7 Å². The predicted octanol–water partition coefficient (Wildman–Crippen LogP) is 3.05. The monoisotopic (exact) mass is 409 g/mol. The van der Waals surface area contributed by atoms with E-state index in [1.165, 1.54) is 0 Å². The van der Waals surface area contributed by atoms with Crippen LogP contribution in [0.1, 0.15) is 6.92 Å². The predicted molar refractivity (Wildman–Crippen MR) is 83.6 cm³/mol. The van der Waals surface area contributed by atoms with Gasteiger partial charge in [-0.25, -0.2) is 17.2 Å². The molecule has 0 fully saturated rings. The van der Waals surface area contributed by atoms with Crippen LogP contribution in [0.3, 0.4) is 0 Å². The van der Waals surface area contributed by atoms with E-state index in [9.17, 15) is 40.3 Å². The zero-order valence-corrected chi connectivity index (χ0v) is 14.3. The fourth-order valence-corrected chi connectivity index (χ4v) is 3.16. The van der Waals surface area contributed by atoms with Crippen LogP contribution < -0.4 is 5.32 Å². The van der Waals surface area contributed by atoms with Crippen LogP contribution in [-0.4, -0.2) is 31.2 Å². The summed E-state index contributed by atoms with van der Waals surface area (Å²) in [4.78, 5) is 10.7. The van der Waals surface area contributed by atoms with Crippen molar-refractivity contribution in [3.8, 4) is 0 Å². The van der Waals surface area contributed by atoms with Gasteiger partial charge in [0.1, 0.15) is 11.6 Å². The molecule has 1 atom stereocenters. The molecule has 0 heterocycles. The Labute approximate surface area is 150 Å². The summed E-state index contributed by atoms with van der Waals surface area (Å²) in [5, 5.41) is 10.8. The van der Waals surface area contributed by atoms with E-state index >= 15 is 0 Å². The van der Waals surface area contributed by atoms with Gasteiger partial charge in [-0.15, -0.1) is 0 Å². The minimum absolute atomic E-state index is 0.188. The largest absolute Gasteiger partial charge is 0.426 e. The third kappa shape index (κ3) is 4.08. The van der Waals surface area contributed by atoms with Crippen molar-refractivity contribution in [3.05, 3.63) is 54.1 Å². The van der Waals surface area contributed by atoms with E-state index in [0.717, 1.165) is 36.4 Å². The van der Waals surface area contributed by atoms with Crippen molar-refractivity contribution in [2.45, 2.75) is 28.5 Å². The van der Waals surface area contributed by atoms with Gasteiger partial charge < -0.3 is 10.4 Å². The molecule has 2 rings (SSSR count). The molecule has 0 aliphatic rings. The minimum Gasteiger partial charge on any atom is -0.373 e. The van der Waals surface area contributed by atoms with E-state index in [4.69, 9.17) is 0 Å². The molecule has 0 saturated heterocycles. The molecule has 0 aromatic heterocycles. The first-order valence-electron chi connectivity index (χ1n) is 7.17. The standard InChI is InChI=1S/C16H12F5NO4S/c1-15(24,16(19,20)21)14(23)22-13-7-6-11(8-12(13)18)27(25,26)10-4-2-9(17)3-5-10/h2-8,24H,1H3,(H,22,23)/t15-/m1/s1. The van der Waals surface area contributed by atoms with E-state index in [2.05, 4.69) is 0 Å². The zero-order valence-electron chi connectivity index (χ0n) is 13.5. The van der Waals surface area contributed by atoms with Crippen molar-refractivity contribution in [1.29, 1.82) is 0 Å². The van der Waals surface area contributed by atoms with Gasteiger partial charge in [-0.3, -0.25) is 4.79 Å². The first-order chi connectivity index (χ1) is 12.3. The number of carbonyl (C=O) groups excluding carboxylic acids is 1. The van der Waals surface area contributed by atoms with Crippen LogP contribution in [0.4, 0.5) is 27.6 Å². The summed E-state index contributed by atoms with van der Waals surface area (Å²) in [7, 11) is -4.22. The molecule has 0 bridgehead atoms. The summed E-state index contributed by atoms with van der Waals surface area (Å²) in [6.07, 6.45) is -5.31. The second kappa shape index (κ2) is 6.89. The maximum atomic E-state index is 14.1. The molecule has 0 radical (unpaired) electrons. The van der Waals surface area contributed by atoms with Gasteiger partial charge in [0.05, 0.1) is 15.5 Å². The Kier molecular flexibility index (Phi) is 5.30. The number of rotatable bonds is 4. The molecule has 1 amide bonds. The number of hydrogen-bond donors (Lipinski definition) is 2. The summed E-state index contributed by atoms with van der Waals surface area (Å²) in [6.45, 7) is 0.188. The van der Waals surface area contributed by atoms with Crippen molar-refractivity contribution in [2.75, 3.05) is 5.32 Å². The van der Waals surface area contributed by atoms with Gasteiger partial charge in [0.15, 0.2) is 0 Å². The van der Waals surface area contributed by atoms with Crippen molar-refractivity contribution >= 4 is 21.4 Å². The lowest BCUT2D eigenvalue weighted by Crippen LogP contribution is -2.52. The van der Waals surface area contributed by atoms with Gasteiger partial charge in [-0.1, -0.05) is 0 Å². The van der Waals surface area contributed by atoms with Crippen LogP contribution in [0.15, 0.2) is 52.3 Å². The Hall–Kier alpha value is -2.53. The maximum Gasteiger partial charge on any atom is 0.426 e. The summed E-state index contributed by atoms with van der Waals surface area (Å²) >= 11 is 0. The topological polar surface area (TPSA) is 83.5 Å². The fourth-order valence-electron chi connectivity index (χ4n) is 1.89. The van der Waals surface area contributed by atoms with Crippen LogP contribution in [0, 0.1) is 11.6 Å². The molecule has 2 aromatic carbocycles. The first kappa shape index (κ1) is 20.8. The molecule has 5 nitrogen and oxygen atoms in total. The number of aliphatic hydroxyl groups is 1. The van der Waals surface area contributed by atoms with E-state index in [1.807, 2.05) is 0 Å². The summed E-state index contributed by atoms with van der Waals surface area (Å²) in [5.41, 5.74) is -4.54. The molecule has 146 valence electrons. The quantitative estimate of drug-likeness (QED) is 0.601. The van der Waals surface area contributed by atoms with Crippen molar-refractivity contribution in [3.63, 3.8) is 0 Å². The van der Waals surface area contributed by atoms with Gasteiger partial charge >= 0.3 is 6.18 Å². The van der Waals surface area contributed by atoms with Crippen LogP contribution >= 0.6 is 0 Å². The third-order valence-corrected chi connectivity index (χ3v) is 5.38. The third-order valence-electron chi connectivity index (χ3n) is 3.62. The molecule has 0 aliphatic heterocycles. The lowest BCUT2D eigenvalue weighted by atomic mass is 10.1. The zero-order chi connectivity index (χ0) is 20.6. The highest BCUT2D eigenvalue weighted by Crippen LogP contribution is 2.32. The molecule has 27 heavy (non-hydrogen) atoms. The number of halogens is 5. The van der Waals surface area contributed by atoms with E-state index in [1.54, 1.807) is 5.32 Å². The van der Waals surface area contributed by atoms with Gasteiger partial charge in [-0.05, 0) is 49.4 Å². The Morgan fingerprint density at radius 3 is 2.00 bits per heavy atom. The molecule has 0 saturated carbocycles. The Balaban J connectivity index is 2.33. The average molecular weight is 409 g/mol. The lowest BCUT2D eigenvalue weighted by Gasteiger charge is -2.25. The second-order valence-corrected chi connectivity index (χ2v) is 7.57. The van der Waals surface area contributed by atoms with Crippen LogP contribution in [0.5, 0.6) is 0 Å². The number of anilines is 1. The molecule has 0 spiro atoms. The van der Waals surface area contributed by atoms with Crippen molar-refractivity contribution in [1.82, 2.24) is 0 Å². The summed E-state index contributed by atoms with van der Waals surface area (Å²) in [5.74, 6) is -3.97. The van der Waals surface area contributed by atoms with Gasteiger partial charge in [-0.2, -0.15) is 13.2 Å². The van der Waals surface area contributed by atoms with Crippen molar-refractivity contribution in [2.24, 2.45) is 0 Å². The highest BCUT2D eigenvalue weighted by atomic mass is 32.2. The molecule has 0 unspecified atom stereocenters. The fraction of sp³-hybridized carbons (Fsp3) is 0.188. The molecular formula is C16H12F5NO4S. The number of carbonyl (C=O) groups is 1. The Morgan fingerprint density at radius 1 is 1.00 bits per heavy atom. The highest BCUT2D eigenvalue weighted by Gasteiger charge is 2.55. The van der Waals surface area contributed by atoms with Gasteiger partial charge in [0, 0.05) is 0 Å². The summed E-state index contributed by atoms with van der Waals surface area (Å²) in [6, 6.07) is 5.75. The number of sulfone groups is 1. The lowest BCUT2D eigenvalue weighted by molar-refractivity contribution is -0.242. The number of benzene rings is 2. The first-order valence-corrected chi connectivity index (χ1v) is 8.66. The normalized spacial score (nSPS) is 14.5. The summed E-state index contributed by atoms with van der Waals surface area (Å²) < 4.78 is 89.6. The average Bonchev–Trinajstić information content (AvgIpc) is 2.55. The van der Waals surface area contributed by atoms with E-state index in [-0.39, 0.29) is 11.8 Å². The van der Waals surface area contributed by atoms with E-state index in [0.29, 0.717) is 6.07 Å². The number of hydrogen-bond acceptors (Lipinski definition) is 4. The Bertz CT molecular complexity index is 969. The number of nitrogens with one attached hydrogen (secondary N) is 1. The molecule has 2 N–H and O–H groups in total. The number of amides is 1. The van der Waals surface area contributed by atoms with Crippen LogP contribution in [0.25, 0.3) is 0 Å². The van der Waals surface area contributed by atoms with Crippen LogP contribution in [-0.2, 0) is 14.6 Å². The SMILES string of the molecule is C[C@@](O)(C(=O)Nc1ccc(S(=O)(=O)c2ccc(F)cc2)cc1F)C(F)(F)F.